The summed E-state index contributed by atoms with van der Waals surface area (Å²) in [5, 5.41) is 18.9. The molecule has 27 heavy (non-hydrogen) atoms. The number of amides is 1. The smallest absolute Gasteiger partial charge is 0.303 e. The van der Waals surface area contributed by atoms with Crippen molar-refractivity contribution in [1.82, 2.24) is 4.90 Å². The summed E-state index contributed by atoms with van der Waals surface area (Å²) >= 11 is 0. The van der Waals surface area contributed by atoms with Crippen LogP contribution in [0.15, 0.2) is 30.3 Å². The number of carboxylic acid groups (broad SMARTS) is 1. The highest BCUT2D eigenvalue weighted by molar-refractivity contribution is 5.77. The van der Waals surface area contributed by atoms with Gasteiger partial charge in [-0.1, -0.05) is 36.3 Å². The van der Waals surface area contributed by atoms with Crippen molar-refractivity contribution < 1.29 is 19.8 Å². The lowest BCUT2D eigenvalue weighted by Crippen LogP contribution is -2.44. The number of piperidine rings is 1. The first-order chi connectivity index (χ1) is 13.1. The summed E-state index contributed by atoms with van der Waals surface area (Å²) < 4.78 is 0. The number of hydrogen-bond acceptors (Lipinski definition) is 3. The minimum Gasteiger partial charge on any atom is -0.481 e. The number of aliphatic hydroxyl groups excluding tert-OH is 1. The van der Waals surface area contributed by atoms with Gasteiger partial charge in [-0.3, -0.25) is 9.59 Å². The Balaban J connectivity index is 1.79. The quantitative estimate of drug-likeness (QED) is 0.517. The van der Waals surface area contributed by atoms with E-state index in [0.29, 0.717) is 38.6 Å². The topological polar surface area (TPSA) is 77.8 Å². The van der Waals surface area contributed by atoms with E-state index in [1.807, 2.05) is 35.2 Å². The summed E-state index contributed by atoms with van der Waals surface area (Å²) in [4.78, 5) is 24.6. The van der Waals surface area contributed by atoms with E-state index in [1.165, 1.54) is 0 Å². The van der Waals surface area contributed by atoms with Gasteiger partial charge < -0.3 is 15.1 Å². The monoisotopic (exact) mass is 371 g/mol. The van der Waals surface area contributed by atoms with Gasteiger partial charge >= 0.3 is 5.97 Å². The molecule has 2 N–H and O–H groups in total. The van der Waals surface area contributed by atoms with Crippen LogP contribution in [0.3, 0.4) is 0 Å². The zero-order valence-corrected chi connectivity index (χ0v) is 15.8. The van der Waals surface area contributed by atoms with Crippen molar-refractivity contribution in [2.75, 3.05) is 6.54 Å². The van der Waals surface area contributed by atoms with Crippen molar-refractivity contribution in [2.24, 2.45) is 0 Å². The molecule has 0 radical (unpaired) electrons. The number of unbranched alkanes of at least 4 members (excludes halogenated alkanes) is 1. The van der Waals surface area contributed by atoms with Gasteiger partial charge in [-0.05, 0) is 44.1 Å². The van der Waals surface area contributed by atoms with E-state index in [-0.39, 0.29) is 18.4 Å². The fourth-order valence-electron chi connectivity index (χ4n) is 3.44. The molecule has 2 atom stereocenters. The van der Waals surface area contributed by atoms with Crippen molar-refractivity contribution >= 4 is 11.9 Å². The molecular weight excluding hydrogens is 342 g/mol. The third kappa shape index (κ3) is 7.84. The molecule has 1 aliphatic rings. The summed E-state index contributed by atoms with van der Waals surface area (Å²) in [6, 6.07) is 10.1. The number of likely N-dealkylation sites (tertiary alicyclic amines) is 1. The van der Waals surface area contributed by atoms with E-state index < -0.39 is 12.1 Å². The van der Waals surface area contributed by atoms with E-state index in [2.05, 4.69) is 11.8 Å². The zero-order valence-electron chi connectivity index (χ0n) is 15.8. The Kier molecular flexibility index (Phi) is 8.86. The van der Waals surface area contributed by atoms with Crippen LogP contribution in [0.4, 0.5) is 0 Å². The van der Waals surface area contributed by atoms with Crippen LogP contribution >= 0.6 is 0 Å². The number of nitrogens with zero attached hydrogens (tertiary/aromatic N) is 1. The second-order valence-electron chi connectivity index (χ2n) is 7.09. The van der Waals surface area contributed by atoms with E-state index in [4.69, 9.17) is 5.11 Å². The maximum Gasteiger partial charge on any atom is 0.303 e. The first-order valence-corrected chi connectivity index (χ1v) is 9.75. The first kappa shape index (κ1) is 21.0. The van der Waals surface area contributed by atoms with Crippen molar-refractivity contribution in [2.45, 2.75) is 69.9 Å². The Hall–Kier alpha value is -2.32. The molecule has 1 aliphatic heterocycles. The molecule has 1 unspecified atom stereocenters. The predicted octanol–water partition coefficient (Wildman–Crippen LogP) is 3.01. The van der Waals surface area contributed by atoms with Gasteiger partial charge in [0.1, 0.15) is 0 Å². The third-order valence-corrected chi connectivity index (χ3v) is 4.90. The molecule has 2 rings (SSSR count). The molecule has 0 aliphatic carbocycles. The first-order valence-electron chi connectivity index (χ1n) is 9.75. The van der Waals surface area contributed by atoms with E-state index >= 15 is 0 Å². The summed E-state index contributed by atoms with van der Waals surface area (Å²) in [5.41, 5.74) is 1.12. The maximum atomic E-state index is 12.3. The minimum atomic E-state index is -0.808. The average molecular weight is 371 g/mol. The molecule has 5 heteroatoms. The lowest BCUT2D eigenvalue weighted by Gasteiger charge is -2.35. The number of carbonyl (C=O) groups is 2. The van der Waals surface area contributed by atoms with Crippen LogP contribution in [0.2, 0.25) is 0 Å². The molecule has 5 nitrogen and oxygen atoms in total. The predicted molar refractivity (Wildman–Crippen MR) is 104 cm³/mol. The maximum absolute atomic E-state index is 12.3. The molecule has 1 fully saturated rings. The van der Waals surface area contributed by atoms with Gasteiger partial charge in [-0.25, -0.2) is 0 Å². The number of rotatable bonds is 9. The Labute approximate surface area is 161 Å². The molecule has 0 aromatic heterocycles. The molecule has 0 saturated carbocycles. The lowest BCUT2D eigenvalue weighted by molar-refractivity contribution is -0.137. The second-order valence-corrected chi connectivity index (χ2v) is 7.09. The number of benzene rings is 1. The molecule has 0 bridgehead atoms. The van der Waals surface area contributed by atoms with Crippen LogP contribution in [0.25, 0.3) is 0 Å². The Morgan fingerprint density at radius 1 is 1.26 bits per heavy atom. The number of aliphatic hydroxyl groups is 1. The van der Waals surface area contributed by atoms with E-state index in [1.54, 1.807) is 0 Å². The van der Waals surface area contributed by atoms with Gasteiger partial charge in [-0.2, -0.15) is 0 Å². The molecule has 0 spiro atoms. The van der Waals surface area contributed by atoms with Crippen molar-refractivity contribution in [3.05, 3.63) is 35.9 Å². The van der Waals surface area contributed by atoms with E-state index in [9.17, 15) is 14.7 Å². The molecule has 1 aromatic rings. The Bertz CT molecular complexity index is 662. The van der Waals surface area contributed by atoms with Gasteiger partial charge in [0, 0.05) is 25.3 Å². The van der Waals surface area contributed by atoms with Crippen LogP contribution in [0.1, 0.15) is 56.9 Å². The fourth-order valence-corrected chi connectivity index (χ4v) is 3.44. The SMILES string of the molecule is O=C(O)CCCC#CCN1C(=O)CCC[C@@H]1CCC(O)Cc1ccccc1. The molecule has 1 heterocycles. The largest absolute Gasteiger partial charge is 0.481 e. The van der Waals surface area contributed by atoms with Crippen LogP contribution < -0.4 is 0 Å². The summed E-state index contributed by atoms with van der Waals surface area (Å²) in [7, 11) is 0. The minimum absolute atomic E-state index is 0.124. The summed E-state index contributed by atoms with van der Waals surface area (Å²) in [6.07, 6.45) is 5.25. The number of carboxylic acids is 1. The van der Waals surface area contributed by atoms with Gasteiger partial charge in [0.2, 0.25) is 5.91 Å². The standard InChI is InChI=1S/C22H29NO4/c24-20(17-18-9-4-3-5-10-18)15-14-19-11-8-12-21(25)23(19)16-7-2-1-6-13-22(26)27/h3-5,9-10,19-20,24H,1,6,8,11-17H2,(H,26,27)/t19-,20?/m1/s1. The number of aliphatic carboxylic acids is 1. The van der Waals surface area contributed by atoms with Crippen molar-refractivity contribution in [1.29, 1.82) is 0 Å². The van der Waals surface area contributed by atoms with Gasteiger partial charge in [0.15, 0.2) is 0 Å². The number of hydrogen-bond donors (Lipinski definition) is 2. The van der Waals surface area contributed by atoms with Crippen LogP contribution in [0.5, 0.6) is 0 Å². The van der Waals surface area contributed by atoms with Gasteiger partial charge in [0.05, 0.1) is 12.6 Å². The zero-order chi connectivity index (χ0) is 19.5. The molecule has 146 valence electrons. The van der Waals surface area contributed by atoms with Gasteiger partial charge in [0.25, 0.3) is 0 Å². The lowest BCUT2D eigenvalue weighted by atomic mass is 9.94. The van der Waals surface area contributed by atoms with Crippen molar-refractivity contribution in [3.63, 3.8) is 0 Å². The Morgan fingerprint density at radius 3 is 2.78 bits per heavy atom. The molecule has 1 saturated heterocycles. The highest BCUT2D eigenvalue weighted by Gasteiger charge is 2.27. The van der Waals surface area contributed by atoms with Crippen LogP contribution in [-0.4, -0.2) is 45.7 Å². The third-order valence-electron chi connectivity index (χ3n) is 4.90. The summed E-state index contributed by atoms with van der Waals surface area (Å²) in [5.74, 6) is 5.31. The highest BCUT2D eigenvalue weighted by Crippen LogP contribution is 2.22. The van der Waals surface area contributed by atoms with Crippen LogP contribution in [0, 0.1) is 11.8 Å². The second kappa shape index (κ2) is 11.4. The molecule has 1 aromatic carbocycles. The van der Waals surface area contributed by atoms with Crippen LogP contribution in [-0.2, 0) is 16.0 Å². The van der Waals surface area contributed by atoms with Crippen molar-refractivity contribution in [3.8, 4) is 11.8 Å². The average Bonchev–Trinajstić information content (AvgIpc) is 2.65. The molecule has 1 amide bonds. The normalized spacial score (nSPS) is 17.9. The highest BCUT2D eigenvalue weighted by atomic mass is 16.4. The Morgan fingerprint density at radius 2 is 2.04 bits per heavy atom. The summed E-state index contributed by atoms with van der Waals surface area (Å²) in [6.45, 7) is 0.394. The van der Waals surface area contributed by atoms with Gasteiger partial charge in [-0.15, -0.1) is 5.92 Å². The number of carbonyl (C=O) groups excluding carboxylic acids is 1. The molecular formula is C22H29NO4. The fraction of sp³-hybridized carbons (Fsp3) is 0.545. The van der Waals surface area contributed by atoms with E-state index in [0.717, 1.165) is 24.8 Å².